The number of hydrogen-bond acceptors (Lipinski definition) is 5. The topological polar surface area (TPSA) is 74.7 Å². The Balaban J connectivity index is 1.78. The molecule has 2 aromatic rings. The van der Waals surface area contributed by atoms with Gasteiger partial charge in [0.05, 0.1) is 12.1 Å². The number of rotatable bonds is 6. The van der Waals surface area contributed by atoms with E-state index >= 15 is 0 Å². The van der Waals surface area contributed by atoms with Gasteiger partial charge in [-0.05, 0) is 24.3 Å². The number of ether oxygens (including phenoxy) is 1. The van der Waals surface area contributed by atoms with Gasteiger partial charge in [0.2, 0.25) is 0 Å². The Bertz CT molecular complexity index is 678. The van der Waals surface area contributed by atoms with Crippen molar-refractivity contribution in [1.29, 1.82) is 0 Å². The fourth-order valence-electron chi connectivity index (χ4n) is 1.86. The van der Waals surface area contributed by atoms with Crippen molar-refractivity contribution in [2.75, 3.05) is 25.5 Å². The number of anilines is 1. The largest absolute Gasteiger partial charge is 0.491 e. The number of amides is 2. The molecule has 136 valence electrons. The lowest BCUT2D eigenvalue weighted by Gasteiger charge is -2.21. The SMILES string of the molecule is CN(C[C@@H](O)COc1ccc(C(F)(F)F)cc1)C(=O)Nc1nccs1. The lowest BCUT2D eigenvalue weighted by Crippen LogP contribution is -2.39. The Morgan fingerprint density at radius 3 is 2.64 bits per heavy atom. The van der Waals surface area contributed by atoms with Crippen LogP contribution in [0.5, 0.6) is 5.75 Å². The van der Waals surface area contributed by atoms with Crippen molar-refractivity contribution in [3.05, 3.63) is 41.4 Å². The fourth-order valence-corrected chi connectivity index (χ4v) is 2.37. The summed E-state index contributed by atoms with van der Waals surface area (Å²) in [7, 11) is 1.49. The van der Waals surface area contributed by atoms with Gasteiger partial charge in [-0.25, -0.2) is 9.78 Å². The number of thiazole rings is 1. The molecule has 0 bridgehead atoms. The predicted octanol–water partition coefficient (Wildman–Crippen LogP) is 3.07. The van der Waals surface area contributed by atoms with Crippen molar-refractivity contribution in [3.63, 3.8) is 0 Å². The van der Waals surface area contributed by atoms with Gasteiger partial charge in [0.1, 0.15) is 18.5 Å². The highest BCUT2D eigenvalue weighted by atomic mass is 32.1. The van der Waals surface area contributed by atoms with E-state index in [1.54, 1.807) is 11.6 Å². The molecule has 1 aromatic heterocycles. The lowest BCUT2D eigenvalue weighted by atomic mass is 10.2. The summed E-state index contributed by atoms with van der Waals surface area (Å²) in [5.41, 5.74) is -0.779. The molecule has 1 atom stereocenters. The minimum atomic E-state index is -4.41. The molecular formula is C15H16F3N3O3S. The number of carbonyl (C=O) groups excluding carboxylic acids is 1. The zero-order chi connectivity index (χ0) is 18.4. The number of likely N-dealkylation sites (N-methyl/N-ethyl adjacent to an activating group) is 1. The number of halogens is 3. The molecule has 0 aliphatic heterocycles. The van der Waals surface area contributed by atoms with E-state index in [2.05, 4.69) is 10.3 Å². The zero-order valence-corrected chi connectivity index (χ0v) is 14.0. The summed E-state index contributed by atoms with van der Waals surface area (Å²) in [5, 5.41) is 14.6. The van der Waals surface area contributed by atoms with E-state index in [0.29, 0.717) is 5.13 Å². The third-order valence-corrected chi connectivity index (χ3v) is 3.79. The van der Waals surface area contributed by atoms with Gasteiger partial charge in [-0.2, -0.15) is 13.2 Å². The van der Waals surface area contributed by atoms with Crippen molar-refractivity contribution in [1.82, 2.24) is 9.88 Å². The van der Waals surface area contributed by atoms with Crippen LogP contribution >= 0.6 is 11.3 Å². The van der Waals surface area contributed by atoms with Gasteiger partial charge in [-0.15, -0.1) is 11.3 Å². The molecule has 2 amide bonds. The molecule has 2 rings (SSSR count). The van der Waals surface area contributed by atoms with E-state index in [-0.39, 0.29) is 18.9 Å². The molecule has 0 aliphatic rings. The second-order valence-electron chi connectivity index (χ2n) is 5.13. The van der Waals surface area contributed by atoms with E-state index in [0.717, 1.165) is 12.1 Å². The molecule has 0 spiro atoms. The van der Waals surface area contributed by atoms with Crippen LogP contribution in [0.3, 0.4) is 0 Å². The van der Waals surface area contributed by atoms with Crippen molar-refractivity contribution >= 4 is 22.5 Å². The maximum absolute atomic E-state index is 12.5. The Kier molecular flexibility index (Phi) is 6.21. The summed E-state index contributed by atoms with van der Waals surface area (Å²) in [5.74, 6) is 0.196. The summed E-state index contributed by atoms with van der Waals surface area (Å²) in [6.45, 7) is -0.182. The molecule has 10 heteroatoms. The maximum atomic E-state index is 12.5. The van der Waals surface area contributed by atoms with Crippen LogP contribution in [0.25, 0.3) is 0 Å². The number of aliphatic hydroxyl groups excluding tert-OH is 1. The van der Waals surface area contributed by atoms with E-state index in [1.165, 1.54) is 35.4 Å². The number of aromatic nitrogens is 1. The van der Waals surface area contributed by atoms with Gasteiger partial charge in [-0.1, -0.05) is 0 Å². The summed E-state index contributed by atoms with van der Waals surface area (Å²) in [6, 6.07) is 3.71. The number of carbonyl (C=O) groups is 1. The van der Waals surface area contributed by atoms with Gasteiger partial charge in [0.15, 0.2) is 5.13 Å². The van der Waals surface area contributed by atoms with Gasteiger partial charge in [0.25, 0.3) is 0 Å². The maximum Gasteiger partial charge on any atom is 0.416 e. The number of urea groups is 1. The molecule has 1 heterocycles. The first-order valence-electron chi connectivity index (χ1n) is 7.15. The first-order valence-corrected chi connectivity index (χ1v) is 8.03. The second-order valence-corrected chi connectivity index (χ2v) is 6.03. The molecule has 1 aromatic carbocycles. The molecule has 2 N–H and O–H groups in total. The molecule has 0 saturated heterocycles. The predicted molar refractivity (Wildman–Crippen MR) is 86.7 cm³/mol. The molecule has 0 fully saturated rings. The van der Waals surface area contributed by atoms with Crippen molar-refractivity contribution in [2.24, 2.45) is 0 Å². The van der Waals surface area contributed by atoms with E-state index in [1.807, 2.05) is 0 Å². The van der Waals surface area contributed by atoms with Gasteiger partial charge < -0.3 is 14.7 Å². The summed E-state index contributed by atoms with van der Waals surface area (Å²) >= 11 is 1.26. The highest BCUT2D eigenvalue weighted by molar-refractivity contribution is 7.13. The number of aliphatic hydroxyl groups is 1. The Morgan fingerprint density at radius 1 is 1.40 bits per heavy atom. The van der Waals surface area contributed by atoms with Crippen LogP contribution in [0.2, 0.25) is 0 Å². The summed E-state index contributed by atoms with van der Waals surface area (Å²) < 4.78 is 42.6. The normalized spacial score (nSPS) is 12.5. The summed E-state index contributed by atoms with van der Waals surface area (Å²) in [6.07, 6.45) is -3.87. The zero-order valence-electron chi connectivity index (χ0n) is 13.2. The van der Waals surface area contributed by atoms with Gasteiger partial charge in [0, 0.05) is 18.6 Å². The van der Waals surface area contributed by atoms with E-state index in [9.17, 15) is 23.1 Å². The molecular weight excluding hydrogens is 359 g/mol. The number of benzene rings is 1. The smallest absolute Gasteiger partial charge is 0.416 e. The minimum absolute atomic E-state index is 0.0160. The fraction of sp³-hybridized carbons (Fsp3) is 0.333. The summed E-state index contributed by atoms with van der Waals surface area (Å²) in [4.78, 5) is 17.0. The molecule has 25 heavy (non-hydrogen) atoms. The third-order valence-electron chi connectivity index (χ3n) is 3.10. The van der Waals surface area contributed by atoms with Crippen LogP contribution in [0, 0.1) is 0 Å². The second kappa shape index (κ2) is 8.17. The highest BCUT2D eigenvalue weighted by Gasteiger charge is 2.30. The third kappa shape index (κ3) is 5.91. The molecule has 0 unspecified atom stereocenters. The Hall–Kier alpha value is -2.33. The Labute approximate surface area is 145 Å². The minimum Gasteiger partial charge on any atom is -0.491 e. The van der Waals surface area contributed by atoms with Crippen molar-refractivity contribution in [3.8, 4) is 5.75 Å². The van der Waals surface area contributed by atoms with Gasteiger partial charge in [-0.3, -0.25) is 5.32 Å². The monoisotopic (exact) mass is 375 g/mol. The average molecular weight is 375 g/mol. The van der Waals surface area contributed by atoms with E-state index < -0.39 is 23.9 Å². The number of nitrogens with zero attached hydrogens (tertiary/aromatic N) is 2. The number of nitrogens with one attached hydrogen (secondary N) is 1. The van der Waals surface area contributed by atoms with E-state index in [4.69, 9.17) is 4.74 Å². The molecule has 0 aliphatic carbocycles. The Morgan fingerprint density at radius 2 is 2.08 bits per heavy atom. The quantitative estimate of drug-likeness (QED) is 0.814. The van der Waals surface area contributed by atoms with Crippen molar-refractivity contribution in [2.45, 2.75) is 12.3 Å². The average Bonchev–Trinajstić information content (AvgIpc) is 3.05. The molecule has 0 saturated carbocycles. The molecule has 0 radical (unpaired) electrons. The van der Waals surface area contributed by atoms with Crippen LogP contribution < -0.4 is 10.1 Å². The van der Waals surface area contributed by atoms with Crippen LogP contribution in [0.1, 0.15) is 5.56 Å². The first kappa shape index (κ1) is 19.0. The highest BCUT2D eigenvalue weighted by Crippen LogP contribution is 2.30. The van der Waals surface area contributed by atoms with Crippen molar-refractivity contribution < 1.29 is 27.8 Å². The standard InChI is InChI=1S/C15H16F3N3O3S/c1-21(14(23)20-13-19-6-7-25-13)8-11(22)9-24-12-4-2-10(3-5-12)15(16,17)18/h2-7,11,22H,8-9H2,1H3,(H,19,20,23)/t11-/m1/s1. The van der Waals surface area contributed by atoms with Gasteiger partial charge >= 0.3 is 12.2 Å². The van der Waals surface area contributed by atoms with Crippen LogP contribution in [0.15, 0.2) is 35.8 Å². The number of alkyl halides is 3. The first-order chi connectivity index (χ1) is 11.8. The van der Waals surface area contributed by atoms with Crippen LogP contribution in [-0.4, -0.2) is 47.3 Å². The van der Waals surface area contributed by atoms with Crippen LogP contribution in [0.4, 0.5) is 23.1 Å². The van der Waals surface area contributed by atoms with Crippen LogP contribution in [-0.2, 0) is 6.18 Å². The number of hydrogen-bond donors (Lipinski definition) is 2. The lowest BCUT2D eigenvalue weighted by molar-refractivity contribution is -0.137. The molecule has 6 nitrogen and oxygen atoms in total.